The Labute approximate surface area is 81.4 Å². The van der Waals surface area contributed by atoms with E-state index in [1.54, 1.807) is 7.11 Å². The van der Waals surface area contributed by atoms with Crippen molar-refractivity contribution in [2.45, 2.75) is 4.90 Å². The van der Waals surface area contributed by atoms with Crippen molar-refractivity contribution in [2.24, 2.45) is 0 Å². The summed E-state index contributed by atoms with van der Waals surface area (Å²) >= 11 is 0. The van der Waals surface area contributed by atoms with Gasteiger partial charge in [0.15, 0.2) is 0 Å². The predicted octanol–water partition coefficient (Wildman–Crippen LogP) is 2.33. The van der Waals surface area contributed by atoms with E-state index >= 15 is 0 Å². The summed E-state index contributed by atoms with van der Waals surface area (Å²) in [5.41, 5.74) is 6.76. The molecule has 0 amide bonds. The van der Waals surface area contributed by atoms with Crippen molar-refractivity contribution in [3.8, 4) is 5.75 Å². The smallest absolute Gasteiger partial charge is 0.142 e. The van der Waals surface area contributed by atoms with Gasteiger partial charge in [-0.15, -0.1) is 0 Å². The van der Waals surface area contributed by atoms with Crippen molar-refractivity contribution in [2.75, 3.05) is 31.6 Å². The van der Waals surface area contributed by atoms with Gasteiger partial charge in [-0.3, -0.25) is 0 Å². The number of para-hydroxylation sites is 1. The second-order valence-electron chi connectivity index (χ2n) is 3.71. The van der Waals surface area contributed by atoms with Gasteiger partial charge in [-0.05, 0) is 30.9 Å². The third-order valence-corrected chi connectivity index (χ3v) is 3.58. The van der Waals surface area contributed by atoms with Gasteiger partial charge in [0.2, 0.25) is 0 Å². The highest BCUT2D eigenvalue weighted by atomic mass is 32.3. The third kappa shape index (κ3) is 2.10. The monoisotopic (exact) mass is 199 g/mol. The van der Waals surface area contributed by atoms with Gasteiger partial charge in [0, 0.05) is 4.90 Å². The van der Waals surface area contributed by atoms with E-state index < -0.39 is 10.0 Å². The van der Waals surface area contributed by atoms with Gasteiger partial charge in [-0.1, -0.05) is 6.07 Å². The molecule has 0 saturated heterocycles. The van der Waals surface area contributed by atoms with Gasteiger partial charge in [0.25, 0.3) is 0 Å². The Morgan fingerprint density at radius 3 is 2.31 bits per heavy atom. The Morgan fingerprint density at radius 2 is 1.85 bits per heavy atom. The molecule has 0 aliphatic heterocycles. The van der Waals surface area contributed by atoms with Crippen LogP contribution in [-0.4, -0.2) is 25.9 Å². The second-order valence-corrected chi connectivity index (χ2v) is 7.82. The molecule has 13 heavy (non-hydrogen) atoms. The minimum absolute atomic E-state index is 0.771. The standard InChI is InChI=1S/C10H17NOS/c1-12-8-6-5-7-9(10(8)11)13(2,3)4/h5-7H,11H2,1-4H3. The first-order valence-electron chi connectivity index (χ1n) is 4.07. The Kier molecular flexibility index (Phi) is 2.76. The zero-order valence-electron chi connectivity index (χ0n) is 8.63. The molecule has 2 nitrogen and oxygen atoms in total. The topological polar surface area (TPSA) is 35.2 Å². The maximum Gasteiger partial charge on any atom is 0.142 e. The number of ether oxygens (including phenoxy) is 1. The van der Waals surface area contributed by atoms with Crippen LogP contribution in [0.1, 0.15) is 0 Å². The molecule has 0 atom stereocenters. The van der Waals surface area contributed by atoms with Crippen molar-refractivity contribution in [1.29, 1.82) is 0 Å². The maximum atomic E-state index is 5.98. The quantitative estimate of drug-likeness (QED) is 0.742. The summed E-state index contributed by atoms with van der Waals surface area (Å²) in [5.74, 6) is 0.778. The molecule has 0 aliphatic carbocycles. The summed E-state index contributed by atoms with van der Waals surface area (Å²) in [6.45, 7) is 0. The summed E-state index contributed by atoms with van der Waals surface area (Å²) in [6, 6.07) is 5.96. The number of nitrogen functional groups attached to an aromatic ring is 1. The lowest BCUT2D eigenvalue weighted by molar-refractivity contribution is 0.416. The molecule has 0 fully saturated rings. The minimum Gasteiger partial charge on any atom is -0.495 e. The lowest BCUT2D eigenvalue weighted by atomic mass is 10.3. The van der Waals surface area contributed by atoms with Crippen molar-refractivity contribution in [3.05, 3.63) is 18.2 Å². The van der Waals surface area contributed by atoms with Crippen LogP contribution in [0.4, 0.5) is 5.69 Å². The van der Waals surface area contributed by atoms with E-state index in [0.717, 1.165) is 11.4 Å². The number of nitrogens with two attached hydrogens (primary N) is 1. The Morgan fingerprint density at radius 1 is 1.23 bits per heavy atom. The molecule has 0 radical (unpaired) electrons. The molecule has 0 bridgehead atoms. The largest absolute Gasteiger partial charge is 0.495 e. The number of methoxy groups -OCH3 is 1. The zero-order valence-corrected chi connectivity index (χ0v) is 9.44. The van der Waals surface area contributed by atoms with Crippen LogP contribution in [0, 0.1) is 0 Å². The number of hydrogen-bond donors (Lipinski definition) is 1. The SMILES string of the molecule is COc1cccc(S(C)(C)C)c1N. The fourth-order valence-corrected chi connectivity index (χ4v) is 2.48. The summed E-state index contributed by atoms with van der Waals surface area (Å²) in [4.78, 5) is 1.21. The van der Waals surface area contributed by atoms with Crippen LogP contribution in [0.25, 0.3) is 0 Å². The molecule has 0 aliphatic rings. The summed E-state index contributed by atoms with van der Waals surface area (Å²) in [6.07, 6.45) is 6.66. The lowest BCUT2D eigenvalue weighted by Gasteiger charge is -2.27. The van der Waals surface area contributed by atoms with Crippen LogP contribution in [0.3, 0.4) is 0 Å². The molecule has 0 unspecified atom stereocenters. The van der Waals surface area contributed by atoms with Crippen molar-refractivity contribution in [3.63, 3.8) is 0 Å². The fraction of sp³-hybridized carbons (Fsp3) is 0.400. The average Bonchev–Trinajstić information content (AvgIpc) is 2.02. The van der Waals surface area contributed by atoms with Gasteiger partial charge >= 0.3 is 0 Å². The summed E-state index contributed by atoms with van der Waals surface area (Å²) in [5, 5.41) is 0. The van der Waals surface area contributed by atoms with E-state index in [9.17, 15) is 0 Å². The molecule has 0 spiro atoms. The number of benzene rings is 1. The predicted molar refractivity (Wildman–Crippen MR) is 61.0 cm³/mol. The Balaban J connectivity index is 3.24. The van der Waals surface area contributed by atoms with E-state index in [1.807, 2.05) is 12.1 Å². The van der Waals surface area contributed by atoms with Crippen LogP contribution in [0.2, 0.25) is 0 Å². The Hall–Kier alpha value is -0.830. The molecule has 0 saturated carbocycles. The van der Waals surface area contributed by atoms with Crippen LogP contribution in [-0.2, 0) is 0 Å². The molecule has 74 valence electrons. The van der Waals surface area contributed by atoms with Crippen LogP contribution in [0.15, 0.2) is 23.1 Å². The van der Waals surface area contributed by atoms with Gasteiger partial charge in [0.1, 0.15) is 5.75 Å². The number of hydrogen-bond acceptors (Lipinski definition) is 2. The highest BCUT2D eigenvalue weighted by molar-refractivity contribution is 8.32. The van der Waals surface area contributed by atoms with E-state index in [-0.39, 0.29) is 0 Å². The summed E-state index contributed by atoms with van der Waals surface area (Å²) in [7, 11) is 0.875. The van der Waals surface area contributed by atoms with Crippen LogP contribution >= 0.6 is 10.0 Å². The van der Waals surface area contributed by atoms with Crippen molar-refractivity contribution >= 4 is 15.7 Å². The molecule has 1 aromatic rings. The maximum absolute atomic E-state index is 5.98. The first-order chi connectivity index (χ1) is 5.96. The fourth-order valence-electron chi connectivity index (χ4n) is 1.24. The van der Waals surface area contributed by atoms with Crippen molar-refractivity contribution in [1.82, 2.24) is 0 Å². The molecular weight excluding hydrogens is 182 g/mol. The zero-order chi connectivity index (χ0) is 10.1. The highest BCUT2D eigenvalue weighted by Crippen LogP contribution is 2.50. The van der Waals surface area contributed by atoms with Gasteiger partial charge in [-0.25, -0.2) is 10.0 Å². The molecule has 0 heterocycles. The van der Waals surface area contributed by atoms with E-state index in [0.29, 0.717) is 0 Å². The first-order valence-corrected chi connectivity index (χ1v) is 6.93. The average molecular weight is 199 g/mol. The van der Waals surface area contributed by atoms with Crippen molar-refractivity contribution < 1.29 is 4.74 Å². The van der Waals surface area contributed by atoms with Crippen LogP contribution in [0.5, 0.6) is 5.75 Å². The molecule has 0 aromatic heterocycles. The molecule has 2 N–H and O–H groups in total. The van der Waals surface area contributed by atoms with Gasteiger partial charge in [0.05, 0.1) is 12.8 Å². The normalized spacial score (nSPS) is 12.6. The molecule has 1 rings (SSSR count). The van der Waals surface area contributed by atoms with E-state index in [4.69, 9.17) is 10.5 Å². The molecular formula is C10H17NOS. The van der Waals surface area contributed by atoms with Gasteiger partial charge in [-0.2, -0.15) is 0 Å². The number of rotatable bonds is 2. The summed E-state index contributed by atoms with van der Waals surface area (Å²) < 4.78 is 5.17. The highest BCUT2D eigenvalue weighted by Gasteiger charge is 2.13. The third-order valence-electron chi connectivity index (χ3n) is 1.91. The molecule has 3 heteroatoms. The van der Waals surface area contributed by atoms with Crippen LogP contribution < -0.4 is 10.5 Å². The van der Waals surface area contributed by atoms with E-state index in [2.05, 4.69) is 24.8 Å². The van der Waals surface area contributed by atoms with E-state index in [1.165, 1.54) is 4.90 Å². The van der Waals surface area contributed by atoms with Gasteiger partial charge < -0.3 is 10.5 Å². The second kappa shape index (κ2) is 3.50. The lowest BCUT2D eigenvalue weighted by Crippen LogP contribution is -2.01. The minimum atomic E-state index is -0.771. The first kappa shape index (κ1) is 10.3. The Bertz CT molecular complexity index is 304. The number of anilines is 1. The molecule has 1 aromatic carbocycles.